The van der Waals surface area contributed by atoms with Crippen molar-refractivity contribution >= 4 is 195 Å². The van der Waals surface area contributed by atoms with E-state index in [0.29, 0.717) is 0 Å². The molecule has 0 fully saturated rings. The summed E-state index contributed by atoms with van der Waals surface area (Å²) < 4.78 is 51.3. The Bertz CT molecular complexity index is 9090. The molecule has 26 rings (SSSR count). The third-order valence-corrected chi connectivity index (χ3v) is 35.6. The van der Waals surface area contributed by atoms with Crippen LogP contribution < -0.4 is 47.7 Å². The summed E-state index contributed by atoms with van der Waals surface area (Å²) in [6.07, 6.45) is 0. The van der Waals surface area contributed by atoms with Gasteiger partial charge in [0.1, 0.15) is 16.9 Å². The number of benzene rings is 20. The predicted octanol–water partition coefficient (Wildman–Crippen LogP) is 27.1. The Balaban J connectivity index is 0.000000110. The average molecular weight is 1760 g/mol. The van der Waals surface area contributed by atoms with Crippen LogP contribution in [0.5, 0.6) is 0 Å². The molecule has 20 aromatic carbocycles. The van der Waals surface area contributed by atoms with Gasteiger partial charge in [-0.3, -0.25) is 13.2 Å². The number of imidazole rings is 3. The van der Waals surface area contributed by atoms with Crippen LogP contribution in [-0.2, 0) is 13.7 Å². The molecule has 133 heavy (non-hydrogen) atoms. The minimum Gasteiger partial charge on any atom is -0.309 e. The molecule has 9 nitrogen and oxygen atoms in total. The molecule has 6 aromatic heterocycles. The summed E-state index contributed by atoms with van der Waals surface area (Å²) in [5.41, 5.74) is 21.7. The number of pyridine rings is 3. The lowest BCUT2D eigenvalue weighted by molar-refractivity contribution is 0.591. The first kappa shape index (κ1) is 80.1. The Morgan fingerprint density at radius 2 is 0.361 bits per heavy atom. The van der Waals surface area contributed by atoms with E-state index in [1.807, 2.05) is 231 Å². The molecule has 628 valence electrons. The van der Waals surface area contributed by atoms with Crippen molar-refractivity contribution in [2.75, 3.05) is 0 Å². The molecule has 0 atom stereocenters. The van der Waals surface area contributed by atoms with Crippen molar-refractivity contribution in [2.24, 2.45) is 0 Å². The molecular formula is C121H81N6O3P3. The van der Waals surface area contributed by atoms with Gasteiger partial charge in [-0.15, -0.1) is 0 Å². The lowest BCUT2D eigenvalue weighted by Gasteiger charge is -2.20. The standard InChI is InChI=1S/C43H29N2OP.C41H27N2OP.C37H25N2OP/c46-47(34-11-3-1-4-12-34,35-13-5-2-6-14-35)36-26-23-31(24-27-36)30-19-21-32(22-20-30)33-25-28-38-39(29-33)37-15-7-9-17-41(37)45-42-18-10-8-16-40(42)44-43(38)45;44-45(32-11-3-1-4-12-32,33-13-5-2-6-14-33)34-23-21-29-25-28(19-20-30(29)26-34)31-22-24-36-37(27-31)35-15-7-9-17-39(35)43-40-18-10-8-16-38(40)42-41(36)43;40-41(28-11-3-1-4-12-28,29-13-5-2-6-14-29)30-22-19-26(20-23-30)27-21-24-32-33(25-27)31-15-7-9-17-35(31)39-36-18-10-8-16-34(36)38-37(32)39/h1-29H;1-27H;1-25H. The zero-order valence-electron chi connectivity index (χ0n) is 72.0. The zero-order valence-corrected chi connectivity index (χ0v) is 74.7. The number of fused-ring (bicyclic) bond motifs is 25. The number of para-hydroxylation sites is 9. The highest BCUT2D eigenvalue weighted by Gasteiger charge is 2.33. The molecule has 0 N–H and O–H groups in total. The summed E-state index contributed by atoms with van der Waals surface area (Å²) in [6.45, 7) is 0. The molecule has 0 bridgehead atoms. The molecule has 0 unspecified atom stereocenters. The fourth-order valence-electron chi connectivity index (χ4n) is 19.8. The van der Waals surface area contributed by atoms with E-state index in [-0.39, 0.29) is 0 Å². The molecule has 0 amide bonds. The van der Waals surface area contributed by atoms with E-state index < -0.39 is 21.4 Å². The topological polar surface area (TPSA) is 103 Å². The highest BCUT2D eigenvalue weighted by Crippen LogP contribution is 2.48. The van der Waals surface area contributed by atoms with Gasteiger partial charge in [-0.25, -0.2) is 15.0 Å². The Kier molecular flexibility index (Phi) is 19.9. The van der Waals surface area contributed by atoms with Crippen LogP contribution in [0.15, 0.2) is 491 Å². The summed E-state index contributed by atoms with van der Waals surface area (Å²) in [6, 6.07) is 168. The number of rotatable bonds is 13. The SMILES string of the molecule is O=P(c1ccccc1)(c1ccccc1)c1ccc(-c2ccc(-c3ccc4c(c3)c3ccccc3n3c5ccccc5nc43)cc2)cc1.O=P(c1ccccc1)(c1ccccc1)c1ccc(-c2ccc3c(c2)c2ccccc2n2c4ccccc4nc32)cc1.O=P(c1ccccc1)(c1ccccc1)c1ccc2cc(-c3ccc4c(c3)c3ccccc3n3c5ccccc5nc43)ccc2c1. The predicted molar refractivity (Wildman–Crippen MR) is 561 cm³/mol. The van der Waals surface area contributed by atoms with E-state index in [0.717, 1.165) is 186 Å². The minimum absolute atomic E-state index is 0.829. The van der Waals surface area contributed by atoms with Crippen molar-refractivity contribution in [3.63, 3.8) is 0 Å². The van der Waals surface area contributed by atoms with E-state index in [9.17, 15) is 13.7 Å². The summed E-state index contributed by atoms with van der Waals surface area (Å²) in [5, 5.41) is 20.3. The van der Waals surface area contributed by atoms with Crippen molar-refractivity contribution in [1.29, 1.82) is 0 Å². The van der Waals surface area contributed by atoms with Crippen LogP contribution >= 0.6 is 21.4 Å². The van der Waals surface area contributed by atoms with Gasteiger partial charge in [0, 0.05) is 80.1 Å². The zero-order chi connectivity index (χ0) is 88.7. The van der Waals surface area contributed by atoms with E-state index in [2.05, 4.69) is 274 Å². The second-order valence-electron chi connectivity index (χ2n) is 33.9. The number of hydrogen-bond donors (Lipinski definition) is 0. The van der Waals surface area contributed by atoms with Gasteiger partial charge in [-0.2, -0.15) is 0 Å². The Morgan fingerprint density at radius 3 is 0.684 bits per heavy atom. The lowest BCUT2D eigenvalue weighted by Crippen LogP contribution is -2.24. The van der Waals surface area contributed by atoms with Crippen molar-refractivity contribution in [3.05, 3.63) is 491 Å². The van der Waals surface area contributed by atoms with Gasteiger partial charge in [0.15, 0.2) is 21.4 Å². The summed E-state index contributed by atoms with van der Waals surface area (Å²) >= 11 is 0. The van der Waals surface area contributed by atoms with Crippen molar-refractivity contribution in [1.82, 2.24) is 28.2 Å². The van der Waals surface area contributed by atoms with Gasteiger partial charge in [0.2, 0.25) is 0 Å². The smallest absolute Gasteiger partial charge is 0.171 e. The molecule has 0 spiro atoms. The molecule has 12 heteroatoms. The van der Waals surface area contributed by atoms with Crippen LogP contribution in [0.3, 0.4) is 0 Å². The molecule has 0 aliphatic heterocycles. The first-order valence-electron chi connectivity index (χ1n) is 44.7. The van der Waals surface area contributed by atoms with Crippen LogP contribution in [0.25, 0.3) is 170 Å². The molecule has 6 heterocycles. The third kappa shape index (κ3) is 13.7. The number of aromatic nitrogens is 6. The lowest BCUT2D eigenvalue weighted by atomic mass is 9.97. The maximum Gasteiger partial charge on any atom is 0.171 e. The molecule has 0 radical (unpaired) electrons. The van der Waals surface area contributed by atoms with Crippen LogP contribution in [0, 0.1) is 0 Å². The fourth-order valence-corrected chi connectivity index (χ4v) is 27.8. The molecule has 0 aliphatic carbocycles. The Hall–Kier alpha value is -16.2. The van der Waals surface area contributed by atoms with Crippen LogP contribution in [0.1, 0.15) is 0 Å². The van der Waals surface area contributed by atoms with Crippen molar-refractivity contribution < 1.29 is 13.7 Å². The molecule has 0 saturated heterocycles. The van der Waals surface area contributed by atoms with E-state index >= 15 is 0 Å². The quantitative estimate of drug-likeness (QED) is 0.0842. The van der Waals surface area contributed by atoms with E-state index in [1.165, 1.54) is 32.3 Å². The molecular weight excluding hydrogens is 1680 g/mol. The summed E-state index contributed by atoms with van der Waals surface area (Å²) in [4.78, 5) is 15.1. The normalized spacial score (nSPS) is 12.0. The van der Waals surface area contributed by atoms with Gasteiger partial charge >= 0.3 is 0 Å². The largest absolute Gasteiger partial charge is 0.309 e. The Labute approximate surface area is 767 Å². The maximum atomic E-state index is 14.9. The highest BCUT2D eigenvalue weighted by atomic mass is 31.2. The molecule has 0 aliphatic rings. The van der Waals surface area contributed by atoms with Crippen molar-refractivity contribution in [3.8, 4) is 44.5 Å². The highest BCUT2D eigenvalue weighted by molar-refractivity contribution is 7.86. The molecule has 0 saturated carbocycles. The summed E-state index contributed by atoms with van der Waals surface area (Å²) in [5.74, 6) is 0. The molecule has 26 aromatic rings. The van der Waals surface area contributed by atoms with Crippen LogP contribution in [-0.4, -0.2) is 28.2 Å². The Morgan fingerprint density at radius 1 is 0.150 bits per heavy atom. The number of hydrogen-bond acceptors (Lipinski definition) is 6. The first-order valence-corrected chi connectivity index (χ1v) is 49.9. The monoisotopic (exact) mass is 1760 g/mol. The van der Waals surface area contributed by atoms with Gasteiger partial charge in [-0.05, 0) is 175 Å². The van der Waals surface area contributed by atoms with Gasteiger partial charge in [0.05, 0.1) is 49.7 Å². The van der Waals surface area contributed by atoms with Gasteiger partial charge in [-0.1, -0.05) is 388 Å². The van der Waals surface area contributed by atoms with E-state index in [4.69, 9.17) is 15.0 Å². The van der Waals surface area contributed by atoms with Gasteiger partial charge in [0.25, 0.3) is 0 Å². The van der Waals surface area contributed by atoms with Crippen molar-refractivity contribution in [2.45, 2.75) is 0 Å². The fraction of sp³-hybridized carbons (Fsp3) is 0. The second-order valence-corrected chi connectivity index (χ2v) is 42.2. The summed E-state index contributed by atoms with van der Waals surface area (Å²) in [7, 11) is -9.06. The first-order chi connectivity index (χ1) is 65.6. The number of nitrogens with zero attached hydrogens (tertiary/aromatic N) is 6. The minimum atomic E-state index is -3.04. The van der Waals surface area contributed by atoms with E-state index in [1.54, 1.807) is 0 Å². The second kappa shape index (κ2) is 33.1. The van der Waals surface area contributed by atoms with Crippen LogP contribution in [0.4, 0.5) is 0 Å². The maximum absolute atomic E-state index is 14.9. The average Bonchev–Trinajstić information content (AvgIpc) is 1.60. The van der Waals surface area contributed by atoms with Crippen LogP contribution in [0.2, 0.25) is 0 Å². The third-order valence-electron chi connectivity index (χ3n) is 26.4. The van der Waals surface area contributed by atoms with Gasteiger partial charge < -0.3 is 13.7 Å².